The van der Waals surface area contributed by atoms with Gasteiger partial charge in [0.2, 0.25) is 5.91 Å². The van der Waals surface area contributed by atoms with E-state index in [9.17, 15) is 4.79 Å². The van der Waals surface area contributed by atoms with Crippen molar-refractivity contribution >= 4 is 22.8 Å². The van der Waals surface area contributed by atoms with Crippen LogP contribution in [0.5, 0.6) is 0 Å². The molecule has 1 spiro atoms. The van der Waals surface area contributed by atoms with Crippen LogP contribution in [0.3, 0.4) is 0 Å². The maximum atomic E-state index is 12.1. The quantitative estimate of drug-likeness (QED) is 0.824. The monoisotopic (exact) mass is 297 g/mol. The van der Waals surface area contributed by atoms with Crippen LogP contribution in [0.4, 0.5) is 0 Å². The van der Waals surface area contributed by atoms with E-state index < -0.39 is 0 Å². The molecule has 1 aliphatic heterocycles. The number of amidine groups is 1. The predicted octanol–water partition coefficient (Wildman–Crippen LogP) is 2.68. The Hall–Kier alpha value is -0.710. The van der Waals surface area contributed by atoms with E-state index >= 15 is 0 Å². The molecule has 1 atom stereocenters. The molecule has 0 radical (unpaired) electrons. The van der Waals surface area contributed by atoms with Crippen LogP contribution in [0, 0.1) is 0 Å². The molecule has 0 aromatic carbocycles. The lowest BCUT2D eigenvalue weighted by Crippen LogP contribution is -2.46. The van der Waals surface area contributed by atoms with Crippen LogP contribution in [0.25, 0.3) is 0 Å². The molecule has 1 unspecified atom stereocenters. The lowest BCUT2D eigenvalue weighted by molar-refractivity contribution is -0.123. The Morgan fingerprint density at radius 3 is 2.60 bits per heavy atom. The Balaban J connectivity index is 1.93. The molecule has 2 N–H and O–H groups in total. The van der Waals surface area contributed by atoms with Gasteiger partial charge < -0.3 is 10.6 Å². The first-order chi connectivity index (χ1) is 9.30. The highest BCUT2D eigenvalue weighted by Crippen LogP contribution is 2.36. The topological polar surface area (TPSA) is 53.5 Å². The highest BCUT2D eigenvalue weighted by molar-refractivity contribution is 8.14. The number of thioether (sulfide) groups is 1. The molecule has 5 heteroatoms. The van der Waals surface area contributed by atoms with Crippen molar-refractivity contribution in [3.8, 4) is 0 Å². The second kappa shape index (κ2) is 5.96. The molecule has 2 aliphatic rings. The van der Waals surface area contributed by atoms with E-state index in [1.54, 1.807) is 11.8 Å². The molecule has 1 saturated carbocycles. The molecule has 114 valence electrons. The summed E-state index contributed by atoms with van der Waals surface area (Å²) in [5, 5.41) is 7.52. The molecular formula is C15H27N3OS. The van der Waals surface area contributed by atoms with Gasteiger partial charge in [0.25, 0.3) is 0 Å². The van der Waals surface area contributed by atoms with Crippen molar-refractivity contribution in [3.05, 3.63) is 0 Å². The van der Waals surface area contributed by atoms with Crippen molar-refractivity contribution in [1.82, 2.24) is 10.6 Å². The second-order valence-corrected chi connectivity index (χ2v) is 8.07. The number of carbonyl (C=O) groups is 1. The normalized spacial score (nSPS) is 25.5. The van der Waals surface area contributed by atoms with Crippen molar-refractivity contribution < 1.29 is 4.79 Å². The van der Waals surface area contributed by atoms with Crippen molar-refractivity contribution in [2.45, 2.75) is 76.9 Å². The van der Waals surface area contributed by atoms with Crippen LogP contribution >= 0.6 is 11.8 Å². The van der Waals surface area contributed by atoms with Gasteiger partial charge in [-0.3, -0.25) is 4.79 Å². The van der Waals surface area contributed by atoms with Gasteiger partial charge in [0, 0.05) is 16.8 Å². The molecular weight excluding hydrogens is 270 g/mol. The van der Waals surface area contributed by atoms with E-state index in [4.69, 9.17) is 0 Å². The molecule has 1 heterocycles. The molecule has 2 rings (SSSR count). The molecule has 2 fully saturated rings. The number of amides is 1. The fourth-order valence-corrected chi connectivity index (χ4v) is 4.08. The van der Waals surface area contributed by atoms with Crippen molar-refractivity contribution in [2.24, 2.45) is 4.99 Å². The molecule has 1 amide bonds. The maximum absolute atomic E-state index is 12.1. The summed E-state index contributed by atoms with van der Waals surface area (Å²) in [6, 6.07) is -0.331. The van der Waals surface area contributed by atoms with Gasteiger partial charge in [0.05, 0.1) is 0 Å². The van der Waals surface area contributed by atoms with Crippen molar-refractivity contribution in [2.75, 3.05) is 5.75 Å². The number of aliphatic imine (C=N–C) groups is 1. The summed E-state index contributed by atoms with van der Waals surface area (Å²) >= 11 is 1.77. The van der Waals surface area contributed by atoms with E-state index in [2.05, 4.69) is 15.6 Å². The maximum Gasteiger partial charge on any atom is 0.245 e. The summed E-state index contributed by atoms with van der Waals surface area (Å²) in [5.74, 6) is 1.09. The van der Waals surface area contributed by atoms with Crippen LogP contribution in [-0.2, 0) is 4.79 Å². The third kappa shape index (κ3) is 4.14. The Bertz CT molecular complexity index is 394. The average molecular weight is 297 g/mol. The zero-order chi connectivity index (χ0) is 14.8. The molecule has 20 heavy (non-hydrogen) atoms. The minimum atomic E-state index is -0.331. The van der Waals surface area contributed by atoms with Gasteiger partial charge in [0.15, 0.2) is 5.17 Å². The zero-order valence-electron chi connectivity index (χ0n) is 13.1. The first-order valence-electron chi connectivity index (χ1n) is 7.61. The fraction of sp³-hybridized carbons (Fsp3) is 0.867. The van der Waals surface area contributed by atoms with Gasteiger partial charge in [-0.15, -0.1) is 0 Å². The van der Waals surface area contributed by atoms with Gasteiger partial charge in [-0.1, -0.05) is 31.0 Å². The van der Waals surface area contributed by atoms with Crippen LogP contribution in [0.2, 0.25) is 0 Å². The van der Waals surface area contributed by atoms with Gasteiger partial charge in [0.1, 0.15) is 6.04 Å². The summed E-state index contributed by atoms with van der Waals surface area (Å²) in [7, 11) is 0. The minimum Gasteiger partial charge on any atom is -0.359 e. The van der Waals surface area contributed by atoms with Crippen LogP contribution in [-0.4, -0.2) is 33.9 Å². The minimum absolute atomic E-state index is 0.00278. The summed E-state index contributed by atoms with van der Waals surface area (Å²) in [4.78, 5) is 16.6. The first-order valence-corrected chi connectivity index (χ1v) is 8.59. The number of hydrogen-bond donors (Lipinski definition) is 2. The number of nitrogens with one attached hydrogen (secondary N) is 2. The van der Waals surface area contributed by atoms with E-state index in [0.29, 0.717) is 0 Å². The van der Waals surface area contributed by atoms with E-state index in [1.165, 1.54) is 32.1 Å². The molecule has 0 aromatic rings. The first kappa shape index (κ1) is 15.7. The Morgan fingerprint density at radius 2 is 2.00 bits per heavy atom. The Kier molecular flexibility index (Phi) is 4.67. The standard InChI is InChI=1S/C15H27N3OS/c1-11(12(19)17-14(2,3)4)16-13-18-15(10-20-13)8-6-5-7-9-15/h11H,5-10H2,1-4H3,(H,16,18)(H,17,19). The summed E-state index contributed by atoms with van der Waals surface area (Å²) in [6.07, 6.45) is 6.44. The Labute approximate surface area is 126 Å². The van der Waals surface area contributed by atoms with Crippen LogP contribution in [0.15, 0.2) is 4.99 Å². The van der Waals surface area contributed by atoms with Crippen molar-refractivity contribution in [1.29, 1.82) is 0 Å². The van der Waals surface area contributed by atoms with Gasteiger partial charge in [-0.05, 0) is 40.5 Å². The molecule has 1 aliphatic carbocycles. The van der Waals surface area contributed by atoms with Crippen LogP contribution < -0.4 is 10.6 Å². The van der Waals surface area contributed by atoms with Gasteiger partial charge >= 0.3 is 0 Å². The third-order valence-electron chi connectivity index (χ3n) is 3.86. The molecule has 4 nitrogen and oxygen atoms in total. The average Bonchev–Trinajstić information content (AvgIpc) is 2.71. The number of rotatable bonds is 2. The third-order valence-corrected chi connectivity index (χ3v) is 5.03. The molecule has 1 saturated heterocycles. The summed E-state index contributed by atoms with van der Waals surface area (Å²) < 4.78 is 0. The van der Waals surface area contributed by atoms with Crippen molar-refractivity contribution in [3.63, 3.8) is 0 Å². The largest absolute Gasteiger partial charge is 0.359 e. The smallest absolute Gasteiger partial charge is 0.245 e. The lowest BCUT2D eigenvalue weighted by atomic mass is 9.83. The molecule has 0 bridgehead atoms. The number of hydrogen-bond acceptors (Lipinski definition) is 3. The summed E-state index contributed by atoms with van der Waals surface area (Å²) in [5.41, 5.74) is 0.0499. The predicted molar refractivity (Wildman–Crippen MR) is 86.2 cm³/mol. The van der Waals surface area contributed by atoms with E-state index in [1.807, 2.05) is 27.7 Å². The fourth-order valence-electron chi connectivity index (χ4n) is 2.78. The number of nitrogens with zero attached hydrogens (tertiary/aromatic N) is 1. The zero-order valence-corrected chi connectivity index (χ0v) is 13.9. The highest BCUT2D eigenvalue weighted by Gasteiger charge is 2.38. The van der Waals surface area contributed by atoms with E-state index in [0.717, 1.165) is 10.9 Å². The SMILES string of the molecule is CC(N=C1NC2(CCCCC2)CS1)C(=O)NC(C)(C)C. The second-order valence-electron chi connectivity index (χ2n) is 7.10. The lowest BCUT2D eigenvalue weighted by Gasteiger charge is -2.32. The Morgan fingerprint density at radius 1 is 1.35 bits per heavy atom. The highest BCUT2D eigenvalue weighted by atomic mass is 32.2. The number of carbonyl (C=O) groups excluding carboxylic acids is 1. The van der Waals surface area contributed by atoms with Gasteiger partial charge in [-0.25, -0.2) is 4.99 Å². The summed E-state index contributed by atoms with van der Waals surface area (Å²) in [6.45, 7) is 7.83. The van der Waals surface area contributed by atoms with E-state index in [-0.39, 0.29) is 23.0 Å². The molecule has 0 aromatic heterocycles. The van der Waals surface area contributed by atoms with Crippen LogP contribution in [0.1, 0.15) is 59.8 Å². The van der Waals surface area contributed by atoms with Gasteiger partial charge in [-0.2, -0.15) is 0 Å².